The van der Waals surface area contributed by atoms with Crippen molar-refractivity contribution < 1.29 is 9.53 Å². The molecule has 3 nitrogen and oxygen atoms in total. The summed E-state index contributed by atoms with van der Waals surface area (Å²) in [5.74, 6) is 1.00. The SMILES string of the molecule is COc1cccc(-c2cc(C(=O)N3CCCCC3)cs2)c1. The van der Waals surface area contributed by atoms with Crippen LogP contribution in [0.3, 0.4) is 0 Å². The first kappa shape index (κ1) is 14.1. The second kappa shape index (κ2) is 6.31. The van der Waals surface area contributed by atoms with Crippen molar-refractivity contribution in [3.05, 3.63) is 41.3 Å². The van der Waals surface area contributed by atoms with Crippen LogP contribution in [0.2, 0.25) is 0 Å². The summed E-state index contributed by atoms with van der Waals surface area (Å²) in [6.07, 6.45) is 3.49. The van der Waals surface area contributed by atoms with E-state index in [9.17, 15) is 4.79 Å². The first-order chi connectivity index (χ1) is 10.3. The number of piperidine rings is 1. The zero-order valence-corrected chi connectivity index (χ0v) is 13.0. The van der Waals surface area contributed by atoms with E-state index >= 15 is 0 Å². The number of likely N-dealkylation sites (tertiary alicyclic amines) is 1. The number of thiophene rings is 1. The molecule has 1 fully saturated rings. The van der Waals surface area contributed by atoms with Crippen LogP contribution in [0.1, 0.15) is 29.6 Å². The molecule has 0 aliphatic carbocycles. The van der Waals surface area contributed by atoms with Gasteiger partial charge >= 0.3 is 0 Å². The molecule has 3 rings (SSSR count). The van der Waals surface area contributed by atoms with Crippen molar-refractivity contribution in [1.82, 2.24) is 4.90 Å². The largest absolute Gasteiger partial charge is 0.497 e. The van der Waals surface area contributed by atoms with E-state index in [2.05, 4.69) is 0 Å². The molecule has 0 bridgehead atoms. The van der Waals surface area contributed by atoms with Crippen LogP contribution in [0.4, 0.5) is 0 Å². The molecule has 0 unspecified atom stereocenters. The van der Waals surface area contributed by atoms with Gasteiger partial charge in [0.2, 0.25) is 0 Å². The standard InChI is InChI=1S/C17H19NO2S/c1-20-15-7-5-6-13(10-15)16-11-14(12-21-16)17(19)18-8-3-2-4-9-18/h5-7,10-12H,2-4,8-9H2,1H3. The molecule has 2 heterocycles. The molecule has 110 valence electrons. The molecule has 0 N–H and O–H groups in total. The Morgan fingerprint density at radius 2 is 2.00 bits per heavy atom. The molecule has 1 aliphatic rings. The lowest BCUT2D eigenvalue weighted by molar-refractivity contribution is 0.0725. The van der Waals surface area contributed by atoms with Crippen molar-refractivity contribution in [3.8, 4) is 16.2 Å². The quantitative estimate of drug-likeness (QED) is 0.856. The topological polar surface area (TPSA) is 29.5 Å². The molecular formula is C17H19NO2S. The van der Waals surface area contributed by atoms with Gasteiger partial charge in [-0.25, -0.2) is 0 Å². The van der Waals surface area contributed by atoms with E-state index < -0.39 is 0 Å². The average molecular weight is 301 g/mol. The third-order valence-electron chi connectivity index (χ3n) is 3.84. The maximum atomic E-state index is 12.5. The number of hydrogen-bond acceptors (Lipinski definition) is 3. The van der Waals surface area contributed by atoms with Crippen LogP contribution >= 0.6 is 11.3 Å². The van der Waals surface area contributed by atoms with Crippen molar-refractivity contribution in [2.24, 2.45) is 0 Å². The van der Waals surface area contributed by atoms with Gasteiger partial charge in [0.25, 0.3) is 5.91 Å². The molecule has 1 aliphatic heterocycles. The van der Waals surface area contributed by atoms with Gasteiger partial charge in [-0.05, 0) is 43.0 Å². The summed E-state index contributed by atoms with van der Waals surface area (Å²) in [5.41, 5.74) is 1.90. The maximum Gasteiger partial charge on any atom is 0.254 e. The summed E-state index contributed by atoms with van der Waals surface area (Å²) >= 11 is 1.61. The summed E-state index contributed by atoms with van der Waals surface area (Å²) in [5, 5.41) is 1.96. The van der Waals surface area contributed by atoms with Crippen LogP contribution < -0.4 is 4.74 Å². The molecule has 0 atom stereocenters. The Labute approximate surface area is 129 Å². The lowest BCUT2D eigenvalue weighted by atomic mass is 10.1. The highest BCUT2D eigenvalue weighted by Gasteiger charge is 2.19. The Morgan fingerprint density at radius 3 is 2.76 bits per heavy atom. The van der Waals surface area contributed by atoms with Crippen LogP contribution in [0.5, 0.6) is 5.75 Å². The number of hydrogen-bond donors (Lipinski definition) is 0. The highest BCUT2D eigenvalue weighted by atomic mass is 32.1. The number of benzene rings is 1. The van der Waals surface area contributed by atoms with Crippen molar-refractivity contribution in [1.29, 1.82) is 0 Å². The molecular weight excluding hydrogens is 282 g/mol. The minimum absolute atomic E-state index is 0.167. The first-order valence-electron chi connectivity index (χ1n) is 7.30. The van der Waals surface area contributed by atoms with Crippen LogP contribution in [-0.2, 0) is 0 Å². The van der Waals surface area contributed by atoms with Crippen molar-refractivity contribution in [3.63, 3.8) is 0 Å². The molecule has 1 aromatic heterocycles. The first-order valence-corrected chi connectivity index (χ1v) is 8.18. The summed E-state index contributed by atoms with van der Waals surface area (Å²) in [6, 6.07) is 9.94. The van der Waals surface area contributed by atoms with Gasteiger partial charge in [0.05, 0.1) is 12.7 Å². The molecule has 21 heavy (non-hydrogen) atoms. The predicted molar refractivity (Wildman–Crippen MR) is 86.1 cm³/mol. The number of ether oxygens (including phenoxy) is 1. The van der Waals surface area contributed by atoms with Gasteiger partial charge in [-0.3, -0.25) is 4.79 Å². The molecule has 0 radical (unpaired) electrons. The Hall–Kier alpha value is -1.81. The van der Waals surface area contributed by atoms with Gasteiger partial charge in [0.15, 0.2) is 0 Å². The van der Waals surface area contributed by atoms with E-state index in [1.807, 2.05) is 40.6 Å². The van der Waals surface area contributed by atoms with Crippen LogP contribution in [0.15, 0.2) is 35.7 Å². The number of carbonyl (C=O) groups excluding carboxylic acids is 1. The fourth-order valence-electron chi connectivity index (χ4n) is 2.66. The summed E-state index contributed by atoms with van der Waals surface area (Å²) in [4.78, 5) is 15.6. The molecule has 1 saturated heterocycles. The van der Waals surface area contributed by atoms with Gasteiger partial charge in [-0.1, -0.05) is 12.1 Å². The number of rotatable bonds is 3. The average Bonchev–Trinajstić information content (AvgIpc) is 3.05. The summed E-state index contributed by atoms with van der Waals surface area (Å²) in [7, 11) is 1.67. The molecule has 1 aromatic carbocycles. The monoisotopic (exact) mass is 301 g/mol. The van der Waals surface area contributed by atoms with Crippen molar-refractivity contribution in [2.45, 2.75) is 19.3 Å². The Bertz CT molecular complexity index is 629. The minimum Gasteiger partial charge on any atom is -0.497 e. The summed E-state index contributed by atoms with van der Waals surface area (Å²) in [6.45, 7) is 1.78. The van der Waals surface area contributed by atoms with Crippen molar-refractivity contribution >= 4 is 17.2 Å². The van der Waals surface area contributed by atoms with Crippen molar-refractivity contribution in [2.75, 3.05) is 20.2 Å². The number of methoxy groups -OCH3 is 1. The predicted octanol–water partition coefficient (Wildman–Crippen LogP) is 4.05. The normalized spacial score (nSPS) is 15.0. The van der Waals surface area contributed by atoms with E-state index in [1.54, 1.807) is 18.4 Å². The zero-order valence-electron chi connectivity index (χ0n) is 12.2. The Kier molecular flexibility index (Phi) is 4.25. The van der Waals surface area contributed by atoms with Gasteiger partial charge in [-0.15, -0.1) is 11.3 Å². The molecule has 4 heteroatoms. The van der Waals surface area contributed by atoms with Crippen LogP contribution in [0.25, 0.3) is 10.4 Å². The van der Waals surface area contributed by atoms with E-state index in [0.29, 0.717) is 0 Å². The van der Waals surface area contributed by atoms with Crippen LogP contribution in [0, 0.1) is 0 Å². The number of carbonyl (C=O) groups is 1. The molecule has 0 spiro atoms. The lowest BCUT2D eigenvalue weighted by Crippen LogP contribution is -2.35. The highest BCUT2D eigenvalue weighted by molar-refractivity contribution is 7.13. The van der Waals surface area contributed by atoms with E-state index in [-0.39, 0.29) is 5.91 Å². The van der Waals surface area contributed by atoms with Gasteiger partial charge in [0.1, 0.15) is 5.75 Å². The maximum absolute atomic E-state index is 12.5. The lowest BCUT2D eigenvalue weighted by Gasteiger charge is -2.26. The smallest absolute Gasteiger partial charge is 0.254 e. The van der Waals surface area contributed by atoms with Gasteiger partial charge in [-0.2, -0.15) is 0 Å². The highest BCUT2D eigenvalue weighted by Crippen LogP contribution is 2.30. The molecule has 2 aromatic rings. The number of nitrogens with zero attached hydrogens (tertiary/aromatic N) is 1. The van der Waals surface area contributed by atoms with Gasteiger partial charge < -0.3 is 9.64 Å². The third kappa shape index (κ3) is 3.10. The second-order valence-electron chi connectivity index (χ2n) is 5.28. The Morgan fingerprint density at radius 1 is 1.19 bits per heavy atom. The summed E-state index contributed by atoms with van der Waals surface area (Å²) < 4.78 is 5.26. The van der Waals surface area contributed by atoms with E-state index in [4.69, 9.17) is 4.74 Å². The van der Waals surface area contributed by atoms with Gasteiger partial charge in [0, 0.05) is 23.3 Å². The fraction of sp³-hybridized carbons (Fsp3) is 0.353. The zero-order chi connectivity index (χ0) is 14.7. The molecule has 1 amide bonds. The Balaban J connectivity index is 1.80. The third-order valence-corrected chi connectivity index (χ3v) is 4.82. The van der Waals surface area contributed by atoms with Crippen LogP contribution in [-0.4, -0.2) is 31.0 Å². The van der Waals surface area contributed by atoms with E-state index in [1.165, 1.54) is 6.42 Å². The number of amides is 1. The van der Waals surface area contributed by atoms with E-state index in [0.717, 1.165) is 47.7 Å². The molecule has 0 saturated carbocycles. The minimum atomic E-state index is 0.167. The second-order valence-corrected chi connectivity index (χ2v) is 6.20. The fourth-order valence-corrected chi connectivity index (χ4v) is 3.54.